The second-order valence-electron chi connectivity index (χ2n) is 4.56. The monoisotopic (exact) mass is 277 g/mol. The molecule has 0 atom stereocenters. The van der Waals surface area contributed by atoms with Gasteiger partial charge in [-0.2, -0.15) is 5.10 Å². The Kier molecular flexibility index (Phi) is 3.55. The number of pyridine rings is 1. The zero-order valence-electron chi connectivity index (χ0n) is 11.5. The van der Waals surface area contributed by atoms with Gasteiger partial charge >= 0.3 is 5.69 Å². The normalized spacial score (nSPS) is 10.6. The van der Waals surface area contributed by atoms with Crippen LogP contribution in [0.15, 0.2) is 28.2 Å². The molecule has 2 rings (SSSR count). The molecule has 106 valence electrons. The van der Waals surface area contributed by atoms with E-state index in [4.69, 9.17) is 0 Å². The molecule has 0 aliphatic carbocycles. The fourth-order valence-electron chi connectivity index (χ4n) is 1.81. The number of carbonyl (C=O) groups excluding carboxylic acids is 1. The Bertz CT molecular complexity index is 742. The molecule has 2 aromatic rings. The van der Waals surface area contributed by atoms with Crippen LogP contribution in [0.3, 0.4) is 0 Å². The van der Waals surface area contributed by atoms with E-state index in [0.29, 0.717) is 11.3 Å². The third kappa shape index (κ3) is 2.68. The first-order chi connectivity index (χ1) is 9.38. The summed E-state index contributed by atoms with van der Waals surface area (Å²) in [5, 5.41) is 6.43. The van der Waals surface area contributed by atoms with E-state index in [2.05, 4.69) is 10.4 Å². The molecule has 8 nitrogen and oxygen atoms in total. The van der Waals surface area contributed by atoms with Crippen molar-refractivity contribution >= 4 is 11.6 Å². The number of amides is 1. The minimum absolute atomic E-state index is 0.121. The van der Waals surface area contributed by atoms with Gasteiger partial charge < -0.3 is 9.88 Å². The van der Waals surface area contributed by atoms with Crippen molar-refractivity contribution < 1.29 is 4.79 Å². The van der Waals surface area contributed by atoms with Gasteiger partial charge in [-0.05, 0) is 13.0 Å². The van der Waals surface area contributed by atoms with Crippen molar-refractivity contribution in [1.29, 1.82) is 0 Å². The van der Waals surface area contributed by atoms with E-state index in [1.54, 1.807) is 27.1 Å². The summed E-state index contributed by atoms with van der Waals surface area (Å²) in [5.41, 5.74) is 0.541. The van der Waals surface area contributed by atoms with Crippen LogP contribution in [0, 0.1) is 6.92 Å². The van der Waals surface area contributed by atoms with Crippen LogP contribution in [0.2, 0.25) is 0 Å². The number of nitrogens with zero attached hydrogens (tertiary/aromatic N) is 4. The highest BCUT2D eigenvalue weighted by atomic mass is 16.2. The lowest BCUT2D eigenvalue weighted by molar-refractivity contribution is -0.117. The summed E-state index contributed by atoms with van der Waals surface area (Å²) < 4.78 is 3.73. The topological polar surface area (TPSA) is 90.9 Å². The lowest BCUT2D eigenvalue weighted by atomic mass is 10.3. The summed E-state index contributed by atoms with van der Waals surface area (Å²) in [5.74, 6) is -0.385. The number of nitrogens with one attached hydrogen (secondary N) is 1. The number of aromatic nitrogens is 4. The number of hydrogen-bond acceptors (Lipinski definition) is 4. The van der Waals surface area contributed by atoms with Crippen molar-refractivity contribution in [2.45, 2.75) is 13.5 Å². The van der Waals surface area contributed by atoms with Gasteiger partial charge in [-0.15, -0.1) is 0 Å². The Morgan fingerprint density at radius 2 is 2.00 bits per heavy atom. The van der Waals surface area contributed by atoms with E-state index >= 15 is 0 Å². The Morgan fingerprint density at radius 3 is 2.55 bits per heavy atom. The fraction of sp³-hybridized carbons (Fsp3) is 0.333. The molecule has 0 saturated heterocycles. The van der Waals surface area contributed by atoms with Crippen molar-refractivity contribution in [2.75, 3.05) is 5.32 Å². The first kappa shape index (κ1) is 13.8. The molecule has 0 aliphatic rings. The molecule has 0 aliphatic heterocycles. The van der Waals surface area contributed by atoms with Gasteiger partial charge in [-0.1, -0.05) is 0 Å². The molecule has 2 aromatic heterocycles. The fourth-order valence-corrected chi connectivity index (χ4v) is 1.81. The second-order valence-corrected chi connectivity index (χ2v) is 4.56. The molecule has 0 unspecified atom stereocenters. The van der Waals surface area contributed by atoms with Crippen molar-refractivity contribution in [3.63, 3.8) is 0 Å². The summed E-state index contributed by atoms with van der Waals surface area (Å²) >= 11 is 0. The largest absolute Gasteiger partial charge is 0.345 e. The molecule has 1 N–H and O–H groups in total. The van der Waals surface area contributed by atoms with Gasteiger partial charge in [0.05, 0.1) is 5.69 Å². The van der Waals surface area contributed by atoms with Crippen molar-refractivity contribution in [3.8, 4) is 0 Å². The Labute approximate surface area is 114 Å². The van der Waals surface area contributed by atoms with Gasteiger partial charge in [0, 0.05) is 25.9 Å². The van der Waals surface area contributed by atoms with E-state index in [-0.39, 0.29) is 23.7 Å². The van der Waals surface area contributed by atoms with Crippen molar-refractivity contribution in [3.05, 3.63) is 45.0 Å². The molecule has 0 spiro atoms. The maximum Gasteiger partial charge on any atom is 0.345 e. The number of hydrogen-bond donors (Lipinski definition) is 1. The van der Waals surface area contributed by atoms with E-state index < -0.39 is 0 Å². The zero-order chi connectivity index (χ0) is 14.9. The second kappa shape index (κ2) is 5.16. The third-order valence-corrected chi connectivity index (χ3v) is 2.83. The lowest BCUT2D eigenvalue weighted by Crippen LogP contribution is -2.29. The van der Waals surface area contributed by atoms with Crippen LogP contribution < -0.4 is 16.6 Å². The van der Waals surface area contributed by atoms with E-state index in [0.717, 1.165) is 4.68 Å². The molecule has 20 heavy (non-hydrogen) atoms. The van der Waals surface area contributed by atoms with Crippen molar-refractivity contribution in [1.82, 2.24) is 18.9 Å². The maximum absolute atomic E-state index is 11.8. The van der Waals surface area contributed by atoms with E-state index in [9.17, 15) is 14.4 Å². The van der Waals surface area contributed by atoms with Crippen LogP contribution >= 0.6 is 0 Å². The molecule has 0 saturated carbocycles. The molecule has 0 bridgehead atoms. The van der Waals surface area contributed by atoms with Gasteiger partial charge in [-0.3, -0.25) is 14.2 Å². The van der Waals surface area contributed by atoms with Gasteiger partial charge in [0.2, 0.25) is 5.91 Å². The quantitative estimate of drug-likeness (QED) is 0.797. The Hall–Kier alpha value is -2.64. The van der Waals surface area contributed by atoms with Crippen LogP contribution in [0.5, 0.6) is 0 Å². The smallest absolute Gasteiger partial charge is 0.323 e. The van der Waals surface area contributed by atoms with Crippen LogP contribution in [0.1, 0.15) is 5.56 Å². The van der Waals surface area contributed by atoms with Crippen molar-refractivity contribution in [2.24, 2.45) is 14.1 Å². The minimum Gasteiger partial charge on any atom is -0.323 e. The molecular formula is C12H15N5O3. The minimum atomic E-state index is -0.385. The standard InChI is InChI=1S/C12H15N5O3/c1-8-4-9(5-15(2)11(8)19)14-10(18)6-17-12(20)16(3)7-13-17/h4-5,7H,6H2,1-3H3,(H,14,18). The molecule has 0 fully saturated rings. The number of anilines is 1. The SMILES string of the molecule is Cc1cc(NC(=O)Cn2ncn(C)c2=O)cn(C)c1=O. The predicted octanol–water partition coefficient (Wildman–Crippen LogP) is -0.772. The van der Waals surface area contributed by atoms with E-state index in [1.165, 1.54) is 21.7 Å². The number of aryl methyl sites for hydroxylation is 3. The van der Waals surface area contributed by atoms with Gasteiger partial charge in [-0.25, -0.2) is 9.48 Å². The van der Waals surface area contributed by atoms with Gasteiger partial charge in [0.15, 0.2) is 0 Å². The number of carbonyl (C=O) groups is 1. The third-order valence-electron chi connectivity index (χ3n) is 2.83. The lowest BCUT2D eigenvalue weighted by Gasteiger charge is -2.07. The van der Waals surface area contributed by atoms with E-state index in [1.807, 2.05) is 0 Å². The van der Waals surface area contributed by atoms with Crippen LogP contribution in [0.4, 0.5) is 5.69 Å². The Balaban J connectivity index is 2.15. The molecule has 2 heterocycles. The average molecular weight is 277 g/mol. The highest BCUT2D eigenvalue weighted by molar-refractivity contribution is 5.90. The molecule has 0 aromatic carbocycles. The summed E-state index contributed by atoms with van der Waals surface area (Å²) in [6.45, 7) is 1.49. The summed E-state index contributed by atoms with van der Waals surface area (Å²) in [6, 6.07) is 1.58. The predicted molar refractivity (Wildman–Crippen MR) is 72.5 cm³/mol. The highest BCUT2D eigenvalue weighted by Gasteiger charge is 2.09. The number of rotatable bonds is 3. The van der Waals surface area contributed by atoms with Crippen LogP contribution in [0.25, 0.3) is 0 Å². The molecule has 1 amide bonds. The summed E-state index contributed by atoms with van der Waals surface area (Å²) in [4.78, 5) is 34.9. The molecule has 0 radical (unpaired) electrons. The van der Waals surface area contributed by atoms with Crippen LogP contribution in [-0.4, -0.2) is 24.8 Å². The van der Waals surface area contributed by atoms with Crippen LogP contribution in [-0.2, 0) is 25.4 Å². The van der Waals surface area contributed by atoms with Gasteiger partial charge in [0.25, 0.3) is 5.56 Å². The first-order valence-corrected chi connectivity index (χ1v) is 5.94. The molecular weight excluding hydrogens is 262 g/mol. The zero-order valence-corrected chi connectivity index (χ0v) is 11.5. The first-order valence-electron chi connectivity index (χ1n) is 5.94. The summed E-state index contributed by atoms with van der Waals surface area (Å²) in [7, 11) is 3.16. The molecule has 8 heteroatoms. The maximum atomic E-state index is 11.8. The Morgan fingerprint density at radius 1 is 1.30 bits per heavy atom. The van der Waals surface area contributed by atoms with Gasteiger partial charge in [0.1, 0.15) is 12.9 Å². The average Bonchev–Trinajstić information content (AvgIpc) is 2.68. The highest BCUT2D eigenvalue weighted by Crippen LogP contribution is 2.05. The summed E-state index contributed by atoms with van der Waals surface area (Å²) in [6.07, 6.45) is 2.86.